The second kappa shape index (κ2) is 39.8. The van der Waals surface area contributed by atoms with Crippen molar-refractivity contribution in [3.8, 4) is 17.2 Å². The standard InChI is InChI=1S/C39H57O12S.C28BF28/c1-40-16-19-43-22-25-46-28-31-49-34-10-4-7-13-37(34)52(38-14-8-5-11-35(38)50-32-29-47-26-23-44-20-17-41-2)39-15-9-6-12-36(39)51-33-30-48-27-24-45-21-18-42-3;30-9-1(25(46,47)48)5(13(34)21(42)17(9)38)29(6-2(26(49,50)51)10(31)18(39)22(43)14(6)35,7-3(27(52,53)54)11(32)19(40)23(44)15(7)36)8-4(28(55,56)57)12(33)20(41)24(45)16(8)37/h4-15H,16-33H2,1-3H3;/q+1;-1. The van der Waals surface area contributed by atoms with E-state index >= 15 is 35.1 Å². The minimum atomic E-state index is -8.89. The summed E-state index contributed by atoms with van der Waals surface area (Å²) in [5.41, 5.74) is -38.1. The number of ether oxygens (including phenoxy) is 12. The molecule has 0 amide bonds. The summed E-state index contributed by atoms with van der Waals surface area (Å²) in [5, 5.41) is 0. The lowest BCUT2D eigenvalue weighted by Crippen LogP contribution is -2.82. The van der Waals surface area contributed by atoms with Crippen molar-refractivity contribution in [2.45, 2.75) is 39.4 Å². The summed E-state index contributed by atoms with van der Waals surface area (Å²) >= 11 is 0. The van der Waals surface area contributed by atoms with Gasteiger partial charge in [-0.3, -0.25) is 0 Å². The lowest BCUT2D eigenvalue weighted by Gasteiger charge is -2.49. The van der Waals surface area contributed by atoms with E-state index in [0.29, 0.717) is 119 Å². The van der Waals surface area contributed by atoms with E-state index < -0.39 is 179 Å². The highest BCUT2D eigenvalue weighted by Crippen LogP contribution is 2.47. The zero-order chi connectivity index (χ0) is 81.1. The number of hydrogen-bond acceptors (Lipinski definition) is 12. The van der Waals surface area contributed by atoms with Crippen LogP contribution in [0.2, 0.25) is 0 Å². The van der Waals surface area contributed by atoms with Crippen LogP contribution in [0, 0.1) is 93.1 Å². The molecule has 602 valence electrons. The van der Waals surface area contributed by atoms with Crippen LogP contribution in [-0.4, -0.2) is 146 Å². The average molecular weight is 1630 g/mol. The van der Waals surface area contributed by atoms with Crippen LogP contribution in [-0.2, 0) is 78.2 Å². The molecular formula is C67H57BF28O12S. The Morgan fingerprint density at radius 1 is 0.239 bits per heavy atom. The fourth-order valence-corrected chi connectivity index (χ4v) is 13.1. The van der Waals surface area contributed by atoms with Crippen molar-refractivity contribution in [3.63, 3.8) is 0 Å². The average Bonchev–Trinajstić information content (AvgIpc) is 0.667. The molecule has 0 unspecified atom stereocenters. The van der Waals surface area contributed by atoms with Crippen molar-refractivity contribution in [3.05, 3.63) is 188 Å². The Bertz CT molecular complexity index is 3720. The maximum Gasteiger partial charge on any atom is 0.416 e. The van der Waals surface area contributed by atoms with Gasteiger partial charge in [0.2, 0.25) is 14.7 Å². The molecule has 0 radical (unpaired) electrons. The van der Waals surface area contributed by atoms with Gasteiger partial charge in [-0.05, 0) is 36.4 Å². The number of methoxy groups -OCH3 is 3. The van der Waals surface area contributed by atoms with Crippen LogP contribution < -0.4 is 36.1 Å². The molecule has 109 heavy (non-hydrogen) atoms. The zero-order valence-electron chi connectivity index (χ0n) is 56.1. The fraction of sp³-hybridized carbons (Fsp3) is 0.373. The molecule has 0 aliphatic carbocycles. The monoisotopic (exact) mass is 1630 g/mol. The van der Waals surface area contributed by atoms with Gasteiger partial charge in [-0.2, -0.15) is 52.7 Å². The molecule has 7 rings (SSSR count). The third-order valence-electron chi connectivity index (χ3n) is 15.2. The smallest absolute Gasteiger partial charge is 0.416 e. The highest BCUT2D eigenvalue weighted by atomic mass is 32.2. The number of benzene rings is 7. The van der Waals surface area contributed by atoms with Gasteiger partial charge in [-0.25, -0.2) is 70.2 Å². The topological polar surface area (TPSA) is 111 Å². The second-order valence-electron chi connectivity index (χ2n) is 21.9. The molecule has 42 heteroatoms. The Balaban J connectivity index is 0.000000342. The number of para-hydroxylation sites is 3. The lowest BCUT2D eigenvalue weighted by molar-refractivity contribution is -0.140. The van der Waals surface area contributed by atoms with Crippen molar-refractivity contribution >= 4 is 38.9 Å². The van der Waals surface area contributed by atoms with Crippen LogP contribution in [0.15, 0.2) is 87.5 Å². The number of hydrogen-bond donors (Lipinski definition) is 0. The summed E-state index contributed by atoms with van der Waals surface area (Å²) in [6.45, 7) is 8.60. The van der Waals surface area contributed by atoms with E-state index in [1.807, 2.05) is 54.6 Å². The van der Waals surface area contributed by atoms with Crippen molar-refractivity contribution in [2.24, 2.45) is 0 Å². The normalized spacial score (nSPS) is 12.3. The Labute approximate surface area is 602 Å². The maximum atomic E-state index is 16.0. The summed E-state index contributed by atoms with van der Waals surface area (Å²) < 4.78 is 485. The van der Waals surface area contributed by atoms with Gasteiger partial charge in [0.05, 0.1) is 121 Å². The summed E-state index contributed by atoms with van der Waals surface area (Å²) in [4.78, 5) is 2.98. The molecule has 0 aliphatic heterocycles. The van der Waals surface area contributed by atoms with E-state index in [1.54, 1.807) is 21.3 Å². The van der Waals surface area contributed by atoms with Crippen molar-refractivity contribution in [1.82, 2.24) is 0 Å². The van der Waals surface area contributed by atoms with Gasteiger partial charge in [0.15, 0.2) is 87.1 Å². The van der Waals surface area contributed by atoms with Crippen LogP contribution >= 0.6 is 0 Å². The van der Waals surface area contributed by atoms with Gasteiger partial charge in [0.1, 0.15) is 60.1 Å². The Hall–Kier alpha value is -7.97. The first-order valence-electron chi connectivity index (χ1n) is 31.1. The highest BCUT2D eigenvalue weighted by Gasteiger charge is 2.60. The first kappa shape index (κ1) is 89.9. The minimum Gasteiger partial charge on any atom is -0.486 e. The largest absolute Gasteiger partial charge is 0.486 e. The highest BCUT2D eigenvalue weighted by molar-refractivity contribution is 7.97. The first-order valence-corrected chi connectivity index (χ1v) is 32.3. The molecule has 7 aromatic carbocycles. The quantitative estimate of drug-likeness (QED) is 0.00923. The molecule has 0 atom stereocenters. The molecule has 0 spiro atoms. The predicted octanol–water partition coefficient (Wildman–Crippen LogP) is 14.3. The third kappa shape index (κ3) is 21.0. The summed E-state index contributed by atoms with van der Waals surface area (Å²) in [6.07, 6.45) is -39.5. The van der Waals surface area contributed by atoms with Gasteiger partial charge in [-0.1, -0.05) is 36.4 Å². The van der Waals surface area contributed by atoms with Crippen LogP contribution in [0.25, 0.3) is 0 Å². The van der Waals surface area contributed by atoms with Crippen LogP contribution in [0.1, 0.15) is 22.3 Å². The number of halogens is 28. The van der Waals surface area contributed by atoms with Gasteiger partial charge in [0, 0.05) is 21.3 Å². The number of rotatable bonds is 37. The van der Waals surface area contributed by atoms with Crippen LogP contribution in [0.5, 0.6) is 17.2 Å². The second-order valence-corrected chi connectivity index (χ2v) is 23.8. The van der Waals surface area contributed by atoms with E-state index in [1.165, 1.54) is 0 Å². The van der Waals surface area contributed by atoms with Crippen molar-refractivity contribution in [1.29, 1.82) is 0 Å². The molecule has 0 aromatic heterocycles. The van der Waals surface area contributed by atoms with E-state index in [-0.39, 0.29) is 0 Å². The van der Waals surface area contributed by atoms with E-state index in [0.717, 1.165) is 31.9 Å². The van der Waals surface area contributed by atoms with Gasteiger partial charge in [0.25, 0.3) is 0 Å². The SMILES string of the molecule is COCCOCCOCCOc1ccccc1[S+](c1ccccc1OCCOCCOCCOC)c1ccccc1OCCOCCOCCOC.Fc1c(F)c(F)c(C(F)(F)F)c([B-](c2c(F)c(F)c(F)c(F)c2C(F)(F)F)(c2c(F)c(F)c(F)c(F)c2C(F)(F)F)c2c(F)c(F)c(F)c(F)c2C(F)(F)F)c1F. The molecule has 12 nitrogen and oxygen atoms in total. The summed E-state index contributed by atoms with van der Waals surface area (Å²) in [6, 6.07) is 24.2. The molecule has 0 fully saturated rings. The lowest BCUT2D eigenvalue weighted by atomic mass is 9.11. The van der Waals surface area contributed by atoms with Gasteiger partial charge < -0.3 is 56.8 Å². The number of alkyl halides is 12. The van der Waals surface area contributed by atoms with Crippen LogP contribution in [0.3, 0.4) is 0 Å². The molecular weight excluding hydrogens is 1570 g/mol. The maximum absolute atomic E-state index is 16.0. The molecule has 0 heterocycles. The van der Waals surface area contributed by atoms with E-state index in [9.17, 15) is 87.8 Å². The van der Waals surface area contributed by atoms with E-state index in [2.05, 4.69) is 18.2 Å². The fourth-order valence-electron chi connectivity index (χ4n) is 10.8. The van der Waals surface area contributed by atoms with Crippen molar-refractivity contribution in [2.75, 3.05) is 140 Å². The molecule has 0 saturated heterocycles. The molecule has 0 N–H and O–H groups in total. The molecule has 0 saturated carbocycles. The molecule has 0 aliphatic rings. The zero-order valence-corrected chi connectivity index (χ0v) is 56.9. The van der Waals surface area contributed by atoms with Crippen molar-refractivity contribution < 1.29 is 180 Å². The Kier molecular flexibility index (Phi) is 32.8. The third-order valence-corrected chi connectivity index (χ3v) is 17.5. The molecule has 7 aromatic rings. The minimum absolute atomic E-state index is 0.377. The van der Waals surface area contributed by atoms with E-state index in [4.69, 9.17) is 56.8 Å². The predicted molar refractivity (Wildman–Crippen MR) is 328 cm³/mol. The Morgan fingerprint density at radius 2 is 0.413 bits per heavy atom. The van der Waals surface area contributed by atoms with Gasteiger partial charge in [-0.15, -0.1) is 21.9 Å². The first-order chi connectivity index (χ1) is 51.3. The Morgan fingerprint density at radius 3 is 0.606 bits per heavy atom. The molecule has 0 bridgehead atoms. The van der Waals surface area contributed by atoms with Crippen LogP contribution in [0.4, 0.5) is 123 Å². The summed E-state index contributed by atoms with van der Waals surface area (Å²) in [7, 11) is 4.27. The van der Waals surface area contributed by atoms with Gasteiger partial charge >= 0.3 is 24.7 Å². The summed E-state index contributed by atoms with van der Waals surface area (Å²) in [5.74, 6) is -67.5.